The number of nitrogens with zero attached hydrogens (tertiary/aromatic N) is 4. The van der Waals surface area contributed by atoms with E-state index in [9.17, 15) is 0 Å². The Kier molecular flexibility index (Phi) is 3.84. The van der Waals surface area contributed by atoms with Gasteiger partial charge in [-0.2, -0.15) is 0 Å². The predicted molar refractivity (Wildman–Crippen MR) is 76.1 cm³/mol. The predicted octanol–water partition coefficient (Wildman–Crippen LogP) is 2.62. The average Bonchev–Trinajstić information content (AvgIpc) is 2.92. The minimum atomic E-state index is 0.515. The Morgan fingerprint density at radius 1 is 1.42 bits per heavy atom. The van der Waals surface area contributed by atoms with Gasteiger partial charge in [0.15, 0.2) is 0 Å². The van der Waals surface area contributed by atoms with Crippen molar-refractivity contribution >= 4 is 11.3 Å². The van der Waals surface area contributed by atoms with Crippen molar-refractivity contribution in [2.75, 3.05) is 13.1 Å². The lowest BCUT2D eigenvalue weighted by molar-refractivity contribution is 0.198. The van der Waals surface area contributed by atoms with Crippen LogP contribution in [0.4, 0.5) is 0 Å². The standard InChI is InChI=1S/C14H18N4S/c1-11-7-15-8-13(17-11)12-3-2-5-18(9-12)10-14-16-4-6-19-14/h4,6-8,12H,2-3,5,9-10H2,1H3/t12-/m0/s1. The third-order valence-corrected chi connectivity index (χ3v) is 4.30. The molecule has 0 aromatic carbocycles. The Bertz CT molecular complexity index is 526. The molecule has 2 aromatic rings. The van der Waals surface area contributed by atoms with Crippen LogP contribution in [0.2, 0.25) is 0 Å². The number of thiazole rings is 1. The van der Waals surface area contributed by atoms with E-state index in [1.54, 1.807) is 11.3 Å². The van der Waals surface area contributed by atoms with Gasteiger partial charge >= 0.3 is 0 Å². The van der Waals surface area contributed by atoms with Crippen molar-refractivity contribution in [3.05, 3.63) is 40.4 Å². The van der Waals surface area contributed by atoms with Crippen LogP contribution in [0.25, 0.3) is 0 Å². The second-order valence-electron chi connectivity index (χ2n) is 5.09. The van der Waals surface area contributed by atoms with Crippen molar-refractivity contribution in [3.63, 3.8) is 0 Å². The zero-order valence-corrected chi connectivity index (χ0v) is 11.9. The first-order chi connectivity index (χ1) is 9.31. The van der Waals surface area contributed by atoms with Gasteiger partial charge < -0.3 is 0 Å². The van der Waals surface area contributed by atoms with Gasteiger partial charge in [-0.05, 0) is 26.3 Å². The number of hydrogen-bond donors (Lipinski definition) is 0. The van der Waals surface area contributed by atoms with Crippen LogP contribution in [0.1, 0.15) is 35.2 Å². The van der Waals surface area contributed by atoms with Crippen molar-refractivity contribution in [2.45, 2.75) is 32.2 Å². The van der Waals surface area contributed by atoms with Crippen molar-refractivity contribution in [2.24, 2.45) is 0 Å². The molecule has 4 nitrogen and oxygen atoms in total. The van der Waals surface area contributed by atoms with Crippen LogP contribution >= 0.6 is 11.3 Å². The number of rotatable bonds is 3. The lowest BCUT2D eigenvalue weighted by Gasteiger charge is -2.31. The molecule has 100 valence electrons. The number of piperidine rings is 1. The van der Waals surface area contributed by atoms with Crippen molar-refractivity contribution in [1.82, 2.24) is 19.9 Å². The molecule has 0 saturated carbocycles. The lowest BCUT2D eigenvalue weighted by Crippen LogP contribution is -2.34. The molecule has 3 rings (SSSR count). The molecule has 0 spiro atoms. The minimum Gasteiger partial charge on any atom is -0.296 e. The molecule has 5 heteroatoms. The summed E-state index contributed by atoms with van der Waals surface area (Å²) in [5, 5.41) is 3.25. The fourth-order valence-corrected chi connectivity index (χ4v) is 3.30. The van der Waals surface area contributed by atoms with Crippen molar-refractivity contribution < 1.29 is 0 Å². The number of hydrogen-bond acceptors (Lipinski definition) is 5. The molecule has 0 amide bonds. The molecule has 0 radical (unpaired) electrons. The van der Waals surface area contributed by atoms with Gasteiger partial charge in [-0.15, -0.1) is 11.3 Å². The SMILES string of the molecule is Cc1cncc([C@H]2CCCN(Cc3nccs3)C2)n1. The van der Waals surface area contributed by atoms with Crippen LogP contribution in [0.5, 0.6) is 0 Å². The molecule has 0 N–H and O–H groups in total. The maximum absolute atomic E-state index is 4.63. The molecular weight excluding hydrogens is 256 g/mol. The molecule has 1 aliphatic heterocycles. The minimum absolute atomic E-state index is 0.515. The highest BCUT2D eigenvalue weighted by molar-refractivity contribution is 7.09. The van der Waals surface area contributed by atoms with Gasteiger partial charge in [-0.3, -0.25) is 14.9 Å². The summed E-state index contributed by atoms with van der Waals surface area (Å²) in [6, 6.07) is 0. The van der Waals surface area contributed by atoms with Crippen molar-refractivity contribution in [3.8, 4) is 0 Å². The fraction of sp³-hybridized carbons (Fsp3) is 0.500. The molecule has 0 bridgehead atoms. The van der Waals surface area contributed by atoms with Gasteiger partial charge in [0.25, 0.3) is 0 Å². The molecule has 19 heavy (non-hydrogen) atoms. The monoisotopic (exact) mass is 274 g/mol. The molecule has 3 heterocycles. The van der Waals surface area contributed by atoms with Crippen molar-refractivity contribution in [1.29, 1.82) is 0 Å². The number of aromatic nitrogens is 3. The Balaban J connectivity index is 1.67. The van der Waals surface area contributed by atoms with E-state index >= 15 is 0 Å². The van der Waals surface area contributed by atoms with E-state index in [1.165, 1.54) is 17.8 Å². The third kappa shape index (κ3) is 3.16. The maximum atomic E-state index is 4.63. The van der Waals surface area contributed by atoms with Gasteiger partial charge in [0.05, 0.1) is 17.9 Å². The first kappa shape index (κ1) is 12.7. The molecule has 1 atom stereocenters. The third-order valence-electron chi connectivity index (χ3n) is 3.54. The van der Waals surface area contributed by atoms with Gasteiger partial charge in [0.2, 0.25) is 0 Å². The maximum Gasteiger partial charge on any atom is 0.107 e. The van der Waals surface area contributed by atoms with E-state index in [4.69, 9.17) is 0 Å². The van der Waals surface area contributed by atoms with Gasteiger partial charge in [0, 0.05) is 36.4 Å². The summed E-state index contributed by atoms with van der Waals surface area (Å²) in [7, 11) is 0. The highest BCUT2D eigenvalue weighted by Crippen LogP contribution is 2.26. The first-order valence-electron chi connectivity index (χ1n) is 6.70. The summed E-state index contributed by atoms with van der Waals surface area (Å²) < 4.78 is 0. The summed E-state index contributed by atoms with van der Waals surface area (Å²) in [5.74, 6) is 0.515. The topological polar surface area (TPSA) is 41.9 Å². The summed E-state index contributed by atoms with van der Waals surface area (Å²) in [6.07, 6.45) is 8.07. The Morgan fingerprint density at radius 3 is 3.16 bits per heavy atom. The highest BCUT2D eigenvalue weighted by Gasteiger charge is 2.23. The Labute approximate surface area is 117 Å². The Hall–Kier alpha value is -1.33. The molecule has 1 saturated heterocycles. The molecule has 2 aromatic heterocycles. The molecule has 1 fully saturated rings. The number of likely N-dealkylation sites (tertiary alicyclic amines) is 1. The van der Waals surface area contributed by atoms with Crippen LogP contribution < -0.4 is 0 Å². The first-order valence-corrected chi connectivity index (χ1v) is 7.58. The van der Waals surface area contributed by atoms with Crippen LogP contribution in [0, 0.1) is 6.92 Å². The molecule has 0 unspecified atom stereocenters. The van der Waals surface area contributed by atoms with E-state index in [2.05, 4.69) is 19.9 Å². The molecular formula is C14H18N4S. The molecule has 0 aliphatic carbocycles. The second-order valence-corrected chi connectivity index (χ2v) is 6.06. The normalized spacial score (nSPS) is 20.6. The van der Waals surface area contributed by atoms with Gasteiger partial charge in [-0.25, -0.2) is 4.98 Å². The van der Waals surface area contributed by atoms with E-state index in [-0.39, 0.29) is 0 Å². The van der Waals surface area contributed by atoms with E-state index < -0.39 is 0 Å². The highest BCUT2D eigenvalue weighted by atomic mass is 32.1. The zero-order valence-electron chi connectivity index (χ0n) is 11.1. The van der Waals surface area contributed by atoms with E-state index in [0.717, 1.165) is 31.0 Å². The van der Waals surface area contributed by atoms with Crippen LogP contribution in [-0.4, -0.2) is 32.9 Å². The van der Waals surface area contributed by atoms with E-state index in [1.807, 2.05) is 30.9 Å². The van der Waals surface area contributed by atoms with Crippen LogP contribution in [-0.2, 0) is 6.54 Å². The lowest BCUT2D eigenvalue weighted by atomic mass is 9.95. The average molecular weight is 274 g/mol. The largest absolute Gasteiger partial charge is 0.296 e. The van der Waals surface area contributed by atoms with Crippen LogP contribution in [0.3, 0.4) is 0 Å². The quantitative estimate of drug-likeness (QED) is 0.863. The number of aryl methyl sites for hydroxylation is 1. The Morgan fingerprint density at radius 2 is 2.37 bits per heavy atom. The van der Waals surface area contributed by atoms with E-state index in [0.29, 0.717) is 5.92 Å². The summed E-state index contributed by atoms with van der Waals surface area (Å²) in [4.78, 5) is 15.7. The zero-order chi connectivity index (χ0) is 13.1. The fourth-order valence-electron chi connectivity index (χ4n) is 2.64. The smallest absolute Gasteiger partial charge is 0.107 e. The second kappa shape index (κ2) is 5.75. The summed E-state index contributed by atoms with van der Waals surface area (Å²) in [6.45, 7) is 5.20. The van der Waals surface area contributed by atoms with Gasteiger partial charge in [-0.1, -0.05) is 0 Å². The van der Waals surface area contributed by atoms with Crippen LogP contribution in [0.15, 0.2) is 24.0 Å². The van der Waals surface area contributed by atoms with Gasteiger partial charge in [0.1, 0.15) is 5.01 Å². The molecule has 1 aliphatic rings. The summed E-state index contributed by atoms with van der Waals surface area (Å²) >= 11 is 1.74. The summed E-state index contributed by atoms with van der Waals surface area (Å²) in [5.41, 5.74) is 2.15.